The van der Waals surface area contributed by atoms with Crippen LogP contribution in [-0.2, 0) is 16.2 Å². The maximum Gasteiger partial charge on any atom is 0.228 e. The quantitative estimate of drug-likeness (QED) is 0.744. The van der Waals surface area contributed by atoms with E-state index in [2.05, 4.69) is 17.4 Å². The Bertz CT molecular complexity index is 964. The van der Waals surface area contributed by atoms with Gasteiger partial charge >= 0.3 is 0 Å². The van der Waals surface area contributed by atoms with Crippen LogP contribution in [-0.4, -0.2) is 11.7 Å². The minimum Gasteiger partial charge on any atom is -0.489 e. The number of carbonyl (C=O) groups excluding carboxylic acids is 2. The Hall–Kier alpha value is -3.14. The van der Waals surface area contributed by atoms with Gasteiger partial charge in [-0.2, -0.15) is 0 Å². The van der Waals surface area contributed by atoms with Crippen molar-refractivity contribution in [3.05, 3.63) is 77.9 Å². The van der Waals surface area contributed by atoms with Gasteiger partial charge in [-0.05, 0) is 40.1 Å². The number of hydrogen-bond acceptors (Lipinski definition) is 3. The van der Waals surface area contributed by atoms with E-state index >= 15 is 0 Å². The van der Waals surface area contributed by atoms with E-state index in [9.17, 15) is 9.59 Å². The molecule has 0 aliphatic carbocycles. The first-order valence-electron chi connectivity index (χ1n) is 8.21. The van der Waals surface area contributed by atoms with E-state index in [1.807, 2.05) is 54.6 Å². The van der Waals surface area contributed by atoms with Gasteiger partial charge in [-0.25, -0.2) is 0 Å². The predicted molar refractivity (Wildman–Crippen MR) is 95.2 cm³/mol. The molecule has 4 nitrogen and oxygen atoms in total. The van der Waals surface area contributed by atoms with Crippen LogP contribution in [0.5, 0.6) is 5.75 Å². The molecule has 124 valence electrons. The number of carbonyl (C=O) groups is 2. The molecule has 4 rings (SSSR count). The monoisotopic (exact) mass is 331 g/mol. The van der Waals surface area contributed by atoms with Crippen molar-refractivity contribution in [2.24, 2.45) is 0 Å². The fourth-order valence-electron chi connectivity index (χ4n) is 3.11. The van der Waals surface area contributed by atoms with E-state index in [-0.39, 0.29) is 18.1 Å². The highest BCUT2D eigenvalue weighted by molar-refractivity contribution is 6.07. The molecule has 0 spiro atoms. The molecule has 1 unspecified atom stereocenters. The highest BCUT2D eigenvalue weighted by Gasteiger charge is 2.31. The summed E-state index contributed by atoms with van der Waals surface area (Å²) in [6.45, 7) is 0.404. The lowest BCUT2D eigenvalue weighted by Crippen LogP contribution is -2.20. The van der Waals surface area contributed by atoms with E-state index in [0.717, 1.165) is 22.3 Å². The Morgan fingerprint density at radius 2 is 1.76 bits per heavy atom. The number of rotatable bonds is 4. The number of nitrogens with one attached hydrogen (secondary N) is 1. The van der Waals surface area contributed by atoms with Crippen LogP contribution in [0.3, 0.4) is 0 Å². The minimum atomic E-state index is -0.534. The average Bonchev–Trinajstić information content (AvgIpc) is 2.98. The van der Waals surface area contributed by atoms with Crippen LogP contribution >= 0.6 is 0 Å². The molecule has 0 saturated carbocycles. The molecule has 0 aromatic heterocycles. The topological polar surface area (TPSA) is 55.4 Å². The maximum atomic E-state index is 11.9. The van der Waals surface area contributed by atoms with Crippen LogP contribution in [0, 0.1) is 0 Å². The second-order valence-electron chi connectivity index (χ2n) is 6.19. The molecule has 1 aliphatic rings. The maximum absolute atomic E-state index is 11.9. The molecule has 1 saturated heterocycles. The van der Waals surface area contributed by atoms with E-state index in [4.69, 9.17) is 4.74 Å². The second kappa shape index (κ2) is 6.40. The Kier molecular flexibility index (Phi) is 3.94. The first kappa shape index (κ1) is 15.4. The number of ketones is 1. The van der Waals surface area contributed by atoms with Gasteiger partial charge < -0.3 is 10.1 Å². The summed E-state index contributed by atoms with van der Waals surface area (Å²) >= 11 is 0. The van der Waals surface area contributed by atoms with E-state index in [0.29, 0.717) is 6.61 Å². The van der Waals surface area contributed by atoms with Crippen molar-refractivity contribution in [2.45, 2.75) is 19.1 Å². The summed E-state index contributed by atoms with van der Waals surface area (Å²) in [4.78, 5) is 23.3. The van der Waals surface area contributed by atoms with Gasteiger partial charge in [0.25, 0.3) is 0 Å². The largest absolute Gasteiger partial charge is 0.489 e. The lowest BCUT2D eigenvalue weighted by atomic mass is 10.0. The fourth-order valence-corrected chi connectivity index (χ4v) is 3.11. The minimum absolute atomic E-state index is 0.0392. The zero-order valence-corrected chi connectivity index (χ0v) is 13.6. The fraction of sp³-hybridized carbons (Fsp3) is 0.143. The van der Waals surface area contributed by atoms with Crippen LogP contribution in [0.4, 0.5) is 0 Å². The number of amides is 1. The van der Waals surface area contributed by atoms with Gasteiger partial charge in [0.2, 0.25) is 5.91 Å². The van der Waals surface area contributed by atoms with E-state index in [1.165, 1.54) is 5.39 Å². The van der Waals surface area contributed by atoms with E-state index < -0.39 is 6.04 Å². The zero-order valence-electron chi connectivity index (χ0n) is 13.6. The normalized spacial score (nSPS) is 16.9. The van der Waals surface area contributed by atoms with Gasteiger partial charge in [0.1, 0.15) is 18.4 Å². The molecule has 1 N–H and O–H groups in total. The summed E-state index contributed by atoms with van der Waals surface area (Å²) in [7, 11) is 0. The number of benzene rings is 3. The SMILES string of the molecule is O=C1CC(=O)C(c2cccc(COc3ccc4ccccc4c3)c2)N1. The molecule has 3 aromatic rings. The molecule has 1 fully saturated rings. The highest BCUT2D eigenvalue weighted by Crippen LogP contribution is 2.24. The summed E-state index contributed by atoms with van der Waals surface area (Å²) in [5.41, 5.74) is 1.76. The molecular formula is C21H17NO3. The van der Waals surface area contributed by atoms with Crippen molar-refractivity contribution < 1.29 is 14.3 Å². The molecule has 1 amide bonds. The summed E-state index contributed by atoms with van der Waals surface area (Å²) < 4.78 is 5.89. The number of hydrogen-bond donors (Lipinski definition) is 1. The van der Waals surface area contributed by atoms with Crippen LogP contribution in [0.2, 0.25) is 0 Å². The molecule has 25 heavy (non-hydrogen) atoms. The molecule has 0 bridgehead atoms. The Morgan fingerprint density at radius 1 is 0.920 bits per heavy atom. The summed E-state index contributed by atoms with van der Waals surface area (Å²) in [6, 6.07) is 21.2. The van der Waals surface area contributed by atoms with Gasteiger partial charge in [-0.15, -0.1) is 0 Å². The van der Waals surface area contributed by atoms with Crippen molar-refractivity contribution in [2.75, 3.05) is 0 Å². The van der Waals surface area contributed by atoms with Crippen molar-refractivity contribution in [3.8, 4) is 5.75 Å². The van der Waals surface area contributed by atoms with Crippen molar-refractivity contribution in [1.29, 1.82) is 0 Å². The smallest absolute Gasteiger partial charge is 0.228 e. The molecule has 1 heterocycles. The third-order valence-corrected chi connectivity index (χ3v) is 4.37. The highest BCUT2D eigenvalue weighted by atomic mass is 16.5. The summed E-state index contributed by atoms with van der Waals surface area (Å²) in [5.74, 6) is 0.500. The summed E-state index contributed by atoms with van der Waals surface area (Å²) in [5, 5.41) is 5.02. The van der Waals surface area contributed by atoms with Gasteiger partial charge in [0, 0.05) is 0 Å². The van der Waals surface area contributed by atoms with Crippen molar-refractivity contribution >= 4 is 22.5 Å². The first-order valence-corrected chi connectivity index (χ1v) is 8.21. The second-order valence-corrected chi connectivity index (χ2v) is 6.19. The number of ether oxygens (including phenoxy) is 1. The molecular weight excluding hydrogens is 314 g/mol. The third-order valence-electron chi connectivity index (χ3n) is 4.37. The van der Waals surface area contributed by atoms with Gasteiger partial charge in [-0.1, -0.05) is 48.5 Å². The lowest BCUT2D eigenvalue weighted by molar-refractivity contribution is -0.122. The summed E-state index contributed by atoms with van der Waals surface area (Å²) in [6.07, 6.45) is -0.0392. The van der Waals surface area contributed by atoms with Crippen LogP contribution in [0.25, 0.3) is 10.8 Å². The number of Topliss-reactive ketones (excluding diaryl/α,β-unsaturated/α-hetero) is 1. The predicted octanol–water partition coefficient (Wildman–Crippen LogP) is 3.55. The molecule has 0 radical (unpaired) electrons. The van der Waals surface area contributed by atoms with Crippen LogP contribution in [0.1, 0.15) is 23.6 Å². The van der Waals surface area contributed by atoms with Gasteiger partial charge in [-0.3, -0.25) is 9.59 Å². The van der Waals surface area contributed by atoms with Crippen LogP contribution in [0.15, 0.2) is 66.7 Å². The van der Waals surface area contributed by atoms with Crippen molar-refractivity contribution in [1.82, 2.24) is 5.32 Å². The average molecular weight is 331 g/mol. The Morgan fingerprint density at radius 3 is 2.56 bits per heavy atom. The first-order chi connectivity index (χ1) is 12.2. The van der Waals surface area contributed by atoms with E-state index in [1.54, 1.807) is 0 Å². The standard InChI is InChI=1S/C21H17NO3/c23-19-12-20(24)22-21(19)17-7-3-4-14(10-17)13-25-18-9-8-15-5-1-2-6-16(15)11-18/h1-11,21H,12-13H2,(H,22,24). The lowest BCUT2D eigenvalue weighted by Gasteiger charge is -2.12. The van der Waals surface area contributed by atoms with Gasteiger partial charge in [0.15, 0.2) is 5.78 Å². The van der Waals surface area contributed by atoms with Crippen molar-refractivity contribution in [3.63, 3.8) is 0 Å². The molecule has 1 aliphatic heterocycles. The van der Waals surface area contributed by atoms with Crippen LogP contribution < -0.4 is 10.1 Å². The Labute approximate surface area is 145 Å². The number of fused-ring (bicyclic) bond motifs is 1. The molecule has 3 aromatic carbocycles. The zero-order chi connectivity index (χ0) is 17.2. The molecule has 4 heteroatoms. The third kappa shape index (κ3) is 3.24. The molecule has 1 atom stereocenters. The Balaban J connectivity index is 1.50. The van der Waals surface area contributed by atoms with Gasteiger partial charge in [0.05, 0.1) is 6.42 Å².